The molecular formula is C48H57CrSi3. The molecule has 52 heavy (non-hydrogen) atoms. The molecule has 0 spiro atoms. The van der Waals surface area contributed by atoms with Gasteiger partial charge in [-0.3, -0.25) is 0 Å². The molecule has 6 aromatic carbocycles. The van der Waals surface area contributed by atoms with Crippen LogP contribution in [0.15, 0.2) is 182 Å². The minimum absolute atomic E-state index is 0. The van der Waals surface area contributed by atoms with Crippen molar-refractivity contribution in [2.45, 2.75) is 58.9 Å². The molecular weight excluding hydrogens is 713 g/mol. The summed E-state index contributed by atoms with van der Waals surface area (Å²) in [5, 5.41) is 0. The fourth-order valence-electron chi connectivity index (χ4n) is 6.73. The first kappa shape index (κ1) is 42.5. The quantitative estimate of drug-likeness (QED) is 0.101. The van der Waals surface area contributed by atoms with Crippen LogP contribution >= 0.6 is 0 Å². The Morgan fingerprint density at radius 2 is 0.346 bits per heavy atom. The van der Waals surface area contributed by atoms with Crippen molar-refractivity contribution in [3.63, 3.8) is 0 Å². The number of hydrogen-bond donors (Lipinski definition) is 0. The summed E-state index contributed by atoms with van der Waals surface area (Å²) in [6.07, 6.45) is 0. The molecule has 0 heterocycles. The second-order valence-corrected chi connectivity index (χ2v) is 31.1. The molecule has 0 aliphatic rings. The second-order valence-electron chi connectivity index (χ2n) is 16.1. The summed E-state index contributed by atoms with van der Waals surface area (Å²) >= 11 is 0. The Labute approximate surface area is 330 Å². The van der Waals surface area contributed by atoms with Crippen LogP contribution in [0.4, 0.5) is 0 Å². The summed E-state index contributed by atoms with van der Waals surface area (Å²) in [4.78, 5) is 0. The molecule has 0 saturated carbocycles. The van der Waals surface area contributed by atoms with E-state index in [0.717, 1.165) is 0 Å². The van der Waals surface area contributed by atoms with E-state index in [1.165, 1.54) is 33.4 Å². The third-order valence-corrected chi connectivity index (χ3v) is 14.9. The Bertz CT molecular complexity index is 1470. The van der Waals surface area contributed by atoms with Gasteiger partial charge < -0.3 is 0 Å². The van der Waals surface area contributed by atoms with Gasteiger partial charge in [-0.15, -0.1) is 123 Å². The molecule has 0 N–H and O–H groups in total. The van der Waals surface area contributed by atoms with E-state index in [-0.39, 0.29) is 17.4 Å². The van der Waals surface area contributed by atoms with Crippen molar-refractivity contribution in [3.05, 3.63) is 232 Å². The van der Waals surface area contributed by atoms with Crippen LogP contribution in [-0.4, -0.2) is 24.2 Å². The number of rotatable bonds is 9. The summed E-state index contributed by atoms with van der Waals surface area (Å²) < 4.78 is 0. The van der Waals surface area contributed by atoms with Gasteiger partial charge in [-0.1, -0.05) is 168 Å². The Morgan fingerprint density at radius 3 is 0.442 bits per heavy atom. The van der Waals surface area contributed by atoms with Crippen LogP contribution in [0.1, 0.15) is 33.4 Å². The Kier molecular flexibility index (Phi) is 16.2. The van der Waals surface area contributed by atoms with Gasteiger partial charge in [-0.2, -0.15) is 0 Å². The standard InChI is InChI=1S/3C16H19Si.Cr/c3*1-17(2,3)16(14-10-6-4-7-11-14)15-12-8-5-9-13-15;/h3*4-13H,1-3H3;/q3*-1;+3. The van der Waals surface area contributed by atoms with Crippen molar-refractivity contribution in [3.8, 4) is 0 Å². The zero-order valence-electron chi connectivity index (χ0n) is 32.7. The monoisotopic (exact) mass is 769 g/mol. The normalized spacial score (nSPS) is 11.0. The van der Waals surface area contributed by atoms with Crippen molar-refractivity contribution in [2.24, 2.45) is 0 Å². The minimum Gasteiger partial charge on any atom is -0.122 e. The molecule has 0 saturated heterocycles. The minimum atomic E-state index is -1.35. The molecule has 0 unspecified atom stereocenters. The van der Waals surface area contributed by atoms with Crippen molar-refractivity contribution >= 4 is 24.2 Å². The summed E-state index contributed by atoms with van der Waals surface area (Å²) in [5.74, 6) is 0. The molecule has 0 amide bonds. The molecule has 267 valence electrons. The molecule has 0 aliphatic carbocycles. The third-order valence-electron chi connectivity index (χ3n) is 8.62. The van der Waals surface area contributed by atoms with Crippen LogP contribution in [0, 0.1) is 16.6 Å². The Hall–Kier alpha value is -3.89. The largest absolute Gasteiger partial charge is 3.00 e. The van der Waals surface area contributed by atoms with Gasteiger partial charge in [0.25, 0.3) is 0 Å². The molecule has 4 heteroatoms. The second kappa shape index (κ2) is 19.8. The zero-order chi connectivity index (χ0) is 36.9. The van der Waals surface area contributed by atoms with E-state index in [9.17, 15) is 0 Å². The van der Waals surface area contributed by atoms with Gasteiger partial charge in [-0.25, -0.2) is 0 Å². The molecule has 6 aromatic rings. The zero-order valence-corrected chi connectivity index (χ0v) is 37.0. The van der Waals surface area contributed by atoms with E-state index < -0.39 is 24.2 Å². The van der Waals surface area contributed by atoms with Gasteiger partial charge in [0.1, 0.15) is 0 Å². The summed E-state index contributed by atoms with van der Waals surface area (Å²) in [5.41, 5.74) is 12.9. The first-order chi connectivity index (χ1) is 24.3. The molecule has 0 fully saturated rings. The first-order valence-electron chi connectivity index (χ1n) is 18.2. The predicted octanol–water partition coefficient (Wildman–Crippen LogP) is 13.6. The maximum atomic E-state index is 2.41. The topological polar surface area (TPSA) is 0 Å². The van der Waals surface area contributed by atoms with Gasteiger partial charge in [-0.05, 0) is 0 Å². The van der Waals surface area contributed by atoms with Gasteiger partial charge in [0.05, 0.1) is 0 Å². The maximum absolute atomic E-state index is 2.41. The van der Waals surface area contributed by atoms with E-state index in [2.05, 4.69) is 241 Å². The Balaban J connectivity index is 0.000000208. The SMILES string of the molecule is C[Si](C)(C)[C-](c1ccccc1)c1ccccc1.C[Si](C)(C)[C-](c1ccccc1)c1ccccc1.C[Si](C)(C)[C-](c1ccccc1)c1ccccc1.[Cr+3]. The van der Waals surface area contributed by atoms with Crippen LogP contribution in [0.5, 0.6) is 0 Å². The van der Waals surface area contributed by atoms with E-state index in [1.807, 2.05) is 0 Å². The first-order valence-corrected chi connectivity index (χ1v) is 28.7. The third kappa shape index (κ3) is 12.7. The molecule has 0 aromatic heterocycles. The van der Waals surface area contributed by atoms with Crippen LogP contribution in [0.3, 0.4) is 0 Å². The summed E-state index contributed by atoms with van der Waals surface area (Å²) in [7, 11) is -4.05. The van der Waals surface area contributed by atoms with Crippen molar-refractivity contribution < 1.29 is 17.4 Å². The van der Waals surface area contributed by atoms with Crippen LogP contribution in [0.2, 0.25) is 58.9 Å². The molecule has 0 atom stereocenters. The van der Waals surface area contributed by atoms with Gasteiger partial charge in [0.2, 0.25) is 0 Å². The predicted molar refractivity (Wildman–Crippen MR) is 233 cm³/mol. The van der Waals surface area contributed by atoms with Crippen molar-refractivity contribution in [1.82, 2.24) is 0 Å². The fourth-order valence-corrected chi connectivity index (χ4v) is 12.9. The summed E-state index contributed by atoms with van der Waals surface area (Å²) in [6, 6.07) is 64.6. The van der Waals surface area contributed by atoms with Crippen molar-refractivity contribution in [1.29, 1.82) is 0 Å². The fraction of sp³-hybridized carbons (Fsp3) is 0.188. The van der Waals surface area contributed by atoms with E-state index in [0.29, 0.717) is 0 Å². The van der Waals surface area contributed by atoms with Gasteiger partial charge in [0, 0.05) is 24.2 Å². The summed E-state index contributed by atoms with van der Waals surface area (Å²) in [6.45, 7) is 21.6. The van der Waals surface area contributed by atoms with E-state index >= 15 is 0 Å². The number of benzene rings is 6. The average Bonchev–Trinajstić information content (AvgIpc) is 3.10. The molecule has 0 bridgehead atoms. The Morgan fingerprint density at radius 1 is 0.231 bits per heavy atom. The smallest absolute Gasteiger partial charge is 0.122 e. The number of hydrogen-bond acceptors (Lipinski definition) is 0. The maximum Gasteiger partial charge on any atom is 3.00 e. The average molecular weight is 770 g/mol. The van der Waals surface area contributed by atoms with E-state index in [4.69, 9.17) is 0 Å². The molecule has 0 aliphatic heterocycles. The van der Waals surface area contributed by atoms with E-state index in [1.54, 1.807) is 16.6 Å². The van der Waals surface area contributed by atoms with Crippen molar-refractivity contribution in [2.75, 3.05) is 0 Å². The molecule has 6 rings (SSSR count). The van der Waals surface area contributed by atoms with Crippen LogP contribution in [-0.2, 0) is 17.4 Å². The van der Waals surface area contributed by atoms with Gasteiger partial charge >= 0.3 is 17.4 Å². The van der Waals surface area contributed by atoms with Gasteiger partial charge in [0.15, 0.2) is 0 Å². The van der Waals surface area contributed by atoms with Crippen LogP contribution in [0.25, 0.3) is 0 Å². The molecule has 0 nitrogen and oxygen atoms in total. The molecule has 1 radical (unpaired) electrons. The van der Waals surface area contributed by atoms with Crippen LogP contribution < -0.4 is 0 Å².